The second-order valence-electron chi connectivity index (χ2n) is 7.64. The van der Waals surface area contributed by atoms with Crippen molar-refractivity contribution in [3.63, 3.8) is 0 Å². The SMILES string of the molecule is Cc1ccc(C(=O)Nc2cc(C(C)C)no2)cc1N1C=C(c2cnn(C)c2C)NN1. The highest BCUT2D eigenvalue weighted by Gasteiger charge is 2.20. The third-order valence-electron chi connectivity index (χ3n) is 5.18. The molecule has 0 saturated carbocycles. The maximum atomic E-state index is 12.7. The van der Waals surface area contributed by atoms with Gasteiger partial charge in [0, 0.05) is 36.1 Å². The lowest BCUT2D eigenvalue weighted by Crippen LogP contribution is -2.36. The number of amides is 1. The first kappa shape index (κ1) is 19.7. The number of carbonyl (C=O) groups is 1. The molecule has 9 heteroatoms. The van der Waals surface area contributed by atoms with Crippen LogP contribution in [0.4, 0.5) is 11.6 Å². The van der Waals surface area contributed by atoms with Gasteiger partial charge in [-0.3, -0.25) is 19.8 Å². The molecule has 1 aliphatic rings. The summed E-state index contributed by atoms with van der Waals surface area (Å²) >= 11 is 0. The van der Waals surface area contributed by atoms with Crippen LogP contribution in [-0.2, 0) is 7.05 Å². The second-order valence-corrected chi connectivity index (χ2v) is 7.64. The van der Waals surface area contributed by atoms with Crippen LogP contribution in [0.15, 0.2) is 41.2 Å². The Morgan fingerprint density at radius 2 is 2.03 bits per heavy atom. The molecule has 1 aliphatic heterocycles. The first-order chi connectivity index (χ1) is 14.3. The summed E-state index contributed by atoms with van der Waals surface area (Å²) in [7, 11) is 1.91. The number of nitrogens with zero attached hydrogens (tertiary/aromatic N) is 4. The quantitative estimate of drug-likeness (QED) is 0.597. The summed E-state index contributed by atoms with van der Waals surface area (Å²) in [5.74, 6) is 0.298. The normalized spacial score (nSPS) is 13.5. The maximum Gasteiger partial charge on any atom is 0.258 e. The van der Waals surface area contributed by atoms with E-state index in [-0.39, 0.29) is 11.8 Å². The Balaban J connectivity index is 1.56. The number of hydrogen-bond donors (Lipinski definition) is 3. The Bertz CT molecular complexity index is 1130. The minimum Gasteiger partial charge on any atom is -0.338 e. The summed E-state index contributed by atoms with van der Waals surface area (Å²) in [6.07, 6.45) is 3.76. The summed E-state index contributed by atoms with van der Waals surface area (Å²) < 4.78 is 7.04. The molecular formula is C21H25N7O2. The molecule has 0 bridgehead atoms. The number of aryl methyl sites for hydroxylation is 2. The van der Waals surface area contributed by atoms with Crippen molar-refractivity contribution in [2.75, 3.05) is 10.3 Å². The van der Waals surface area contributed by atoms with Crippen molar-refractivity contribution in [2.45, 2.75) is 33.6 Å². The Hall–Kier alpha value is -3.59. The van der Waals surface area contributed by atoms with Gasteiger partial charge in [-0.15, -0.1) is 5.53 Å². The Labute approximate surface area is 174 Å². The van der Waals surface area contributed by atoms with Gasteiger partial charge in [-0.05, 0) is 37.5 Å². The molecule has 0 saturated heterocycles. The van der Waals surface area contributed by atoms with Gasteiger partial charge in [-0.2, -0.15) is 5.10 Å². The minimum absolute atomic E-state index is 0.226. The zero-order valence-electron chi connectivity index (χ0n) is 17.6. The molecule has 0 atom stereocenters. The monoisotopic (exact) mass is 407 g/mol. The Morgan fingerprint density at radius 1 is 1.23 bits per heavy atom. The number of rotatable bonds is 5. The average Bonchev–Trinajstić information content (AvgIpc) is 3.44. The molecule has 30 heavy (non-hydrogen) atoms. The van der Waals surface area contributed by atoms with E-state index < -0.39 is 0 Å². The van der Waals surface area contributed by atoms with Crippen molar-refractivity contribution in [2.24, 2.45) is 7.05 Å². The fourth-order valence-corrected chi connectivity index (χ4v) is 3.16. The smallest absolute Gasteiger partial charge is 0.258 e. The molecule has 3 N–H and O–H groups in total. The largest absolute Gasteiger partial charge is 0.338 e. The van der Waals surface area contributed by atoms with Crippen LogP contribution in [0.1, 0.15) is 52.6 Å². The highest BCUT2D eigenvalue weighted by Crippen LogP contribution is 2.26. The molecule has 3 heterocycles. The fourth-order valence-electron chi connectivity index (χ4n) is 3.16. The van der Waals surface area contributed by atoms with Gasteiger partial charge >= 0.3 is 0 Å². The average molecular weight is 407 g/mol. The van der Waals surface area contributed by atoms with Gasteiger partial charge in [-0.1, -0.05) is 25.1 Å². The molecule has 0 fully saturated rings. The molecule has 1 aromatic carbocycles. The lowest BCUT2D eigenvalue weighted by Gasteiger charge is -2.18. The number of benzene rings is 1. The zero-order chi connectivity index (χ0) is 21.4. The van der Waals surface area contributed by atoms with Crippen LogP contribution in [0, 0.1) is 13.8 Å². The Kier molecular flexibility index (Phi) is 5.04. The Morgan fingerprint density at radius 3 is 2.70 bits per heavy atom. The number of aromatic nitrogens is 3. The maximum absolute atomic E-state index is 12.7. The molecule has 0 spiro atoms. The third kappa shape index (κ3) is 3.67. The minimum atomic E-state index is -0.262. The number of nitrogens with one attached hydrogen (secondary N) is 3. The predicted octanol–water partition coefficient (Wildman–Crippen LogP) is 3.23. The third-order valence-corrected chi connectivity index (χ3v) is 5.18. The van der Waals surface area contributed by atoms with Crippen LogP contribution in [0.3, 0.4) is 0 Å². The van der Waals surface area contributed by atoms with Crippen molar-refractivity contribution in [3.8, 4) is 0 Å². The van der Waals surface area contributed by atoms with Crippen LogP contribution >= 0.6 is 0 Å². The van der Waals surface area contributed by atoms with Crippen LogP contribution in [-0.4, -0.2) is 20.8 Å². The zero-order valence-corrected chi connectivity index (χ0v) is 17.6. The van der Waals surface area contributed by atoms with E-state index in [0.717, 1.165) is 33.9 Å². The van der Waals surface area contributed by atoms with Crippen LogP contribution in [0.2, 0.25) is 0 Å². The fraction of sp³-hybridized carbons (Fsp3) is 0.286. The van der Waals surface area contributed by atoms with Crippen LogP contribution in [0.25, 0.3) is 5.70 Å². The summed E-state index contributed by atoms with van der Waals surface area (Å²) in [5, 5.41) is 12.9. The molecule has 9 nitrogen and oxygen atoms in total. The molecule has 1 amide bonds. The van der Waals surface area contributed by atoms with E-state index in [9.17, 15) is 4.79 Å². The van der Waals surface area contributed by atoms with E-state index in [1.54, 1.807) is 12.1 Å². The van der Waals surface area contributed by atoms with Gasteiger partial charge in [0.1, 0.15) is 0 Å². The van der Waals surface area contributed by atoms with Crippen LogP contribution < -0.4 is 21.3 Å². The van der Waals surface area contributed by atoms with E-state index >= 15 is 0 Å². The van der Waals surface area contributed by atoms with Gasteiger partial charge in [0.2, 0.25) is 5.88 Å². The van der Waals surface area contributed by atoms with Crippen molar-refractivity contribution in [1.82, 2.24) is 25.9 Å². The van der Waals surface area contributed by atoms with Crippen LogP contribution in [0.5, 0.6) is 0 Å². The van der Waals surface area contributed by atoms with Crippen molar-refractivity contribution in [3.05, 3.63) is 64.7 Å². The summed E-state index contributed by atoms with van der Waals surface area (Å²) in [5.41, 5.74) is 12.4. The van der Waals surface area contributed by atoms with E-state index in [1.165, 1.54) is 0 Å². The topological polar surface area (TPSA) is 100 Å². The van der Waals surface area contributed by atoms with Gasteiger partial charge in [0.25, 0.3) is 5.91 Å². The molecule has 156 valence electrons. The molecule has 2 aromatic heterocycles. The first-order valence-corrected chi connectivity index (χ1v) is 9.73. The molecule has 0 aliphatic carbocycles. The van der Waals surface area contributed by atoms with E-state index in [0.29, 0.717) is 11.4 Å². The highest BCUT2D eigenvalue weighted by molar-refractivity contribution is 6.04. The van der Waals surface area contributed by atoms with Gasteiger partial charge in [-0.25, -0.2) is 0 Å². The lowest BCUT2D eigenvalue weighted by atomic mass is 10.1. The number of carbonyl (C=O) groups excluding carboxylic acids is 1. The van der Waals surface area contributed by atoms with Gasteiger partial charge in [0.15, 0.2) is 0 Å². The van der Waals surface area contributed by atoms with Crippen molar-refractivity contribution < 1.29 is 9.32 Å². The summed E-state index contributed by atoms with van der Waals surface area (Å²) in [6, 6.07) is 7.27. The molecular weight excluding hydrogens is 382 g/mol. The standard InChI is InChI=1S/C21H25N7O2/c1-12(2)17-9-20(30-25-17)23-21(29)15-7-6-13(3)19(8-15)28-11-18(24-26-28)16-10-22-27(5)14(16)4/h6-12,24,26H,1-5H3,(H,23,29). The van der Waals surface area contributed by atoms with Gasteiger partial charge in [0.05, 0.1) is 23.3 Å². The predicted molar refractivity (Wildman–Crippen MR) is 114 cm³/mol. The van der Waals surface area contributed by atoms with Gasteiger partial charge < -0.3 is 9.95 Å². The van der Waals surface area contributed by atoms with Crippen molar-refractivity contribution >= 4 is 23.2 Å². The van der Waals surface area contributed by atoms with Crippen molar-refractivity contribution in [1.29, 1.82) is 0 Å². The lowest BCUT2D eigenvalue weighted by molar-refractivity contribution is 0.102. The molecule has 0 unspecified atom stereocenters. The number of hydrogen-bond acceptors (Lipinski definition) is 7. The second kappa shape index (κ2) is 7.68. The molecule has 0 radical (unpaired) electrons. The molecule has 3 aromatic rings. The number of anilines is 2. The molecule has 4 rings (SSSR count). The van der Waals surface area contributed by atoms with E-state index in [2.05, 4.69) is 26.5 Å². The van der Waals surface area contributed by atoms with E-state index in [1.807, 2.05) is 69.0 Å². The first-order valence-electron chi connectivity index (χ1n) is 9.73. The summed E-state index contributed by atoms with van der Waals surface area (Å²) in [6.45, 7) is 8.03. The van der Waals surface area contributed by atoms with E-state index in [4.69, 9.17) is 4.52 Å². The number of hydrazine groups is 2. The highest BCUT2D eigenvalue weighted by atomic mass is 16.5. The summed E-state index contributed by atoms with van der Waals surface area (Å²) in [4.78, 5) is 12.7.